The van der Waals surface area contributed by atoms with Gasteiger partial charge in [0.2, 0.25) is 21.8 Å². The Labute approximate surface area is 211 Å². The number of sulfonamides is 1. The summed E-state index contributed by atoms with van der Waals surface area (Å²) < 4.78 is 28.5. The lowest BCUT2D eigenvalue weighted by Crippen LogP contribution is -2.62. The van der Waals surface area contributed by atoms with Crippen LogP contribution in [-0.2, 0) is 19.6 Å². The van der Waals surface area contributed by atoms with Crippen LogP contribution in [0, 0.1) is 0 Å². The maximum atomic E-state index is 13.3. The molecule has 3 aliphatic rings. The molecule has 1 aromatic rings. The van der Waals surface area contributed by atoms with Gasteiger partial charge in [-0.1, -0.05) is 11.6 Å². The molecular weight excluding hydrogens is 496 g/mol. The normalized spacial score (nSPS) is 26.8. The number of nitrogens with zero attached hydrogens (tertiary/aromatic N) is 3. The largest absolute Gasteiger partial charge is 0.337 e. The van der Waals surface area contributed by atoms with E-state index in [0.717, 1.165) is 44.4 Å². The molecule has 3 aliphatic heterocycles. The molecule has 8 nitrogen and oxygen atoms in total. The number of piperidine rings is 1. The lowest BCUT2D eigenvalue weighted by Gasteiger charge is -2.40. The Kier molecular flexibility index (Phi) is 8.03. The van der Waals surface area contributed by atoms with E-state index in [0.29, 0.717) is 28.6 Å². The van der Waals surface area contributed by atoms with Crippen molar-refractivity contribution in [2.75, 3.05) is 39.3 Å². The lowest BCUT2D eigenvalue weighted by atomic mass is 9.91. The average Bonchev–Trinajstić information content (AvgIpc) is 3.53. The summed E-state index contributed by atoms with van der Waals surface area (Å²) in [6.45, 7) is 5.86. The molecule has 2 amide bonds. The van der Waals surface area contributed by atoms with Crippen LogP contribution in [0.3, 0.4) is 0 Å². The summed E-state index contributed by atoms with van der Waals surface area (Å²) in [4.78, 5) is 33.0. The van der Waals surface area contributed by atoms with Crippen molar-refractivity contribution in [2.24, 2.45) is 0 Å². The SMILES string of the molecule is C[C@]1(NS(=O)(=O)/C=C/c2ccc(Cl)s2)CCCN(CC(=O)N2CCC[C@H]2CN2CCCC2)C1=O. The molecule has 11 heteroatoms. The van der Waals surface area contributed by atoms with Crippen LogP contribution in [0.4, 0.5) is 0 Å². The average molecular weight is 529 g/mol. The zero-order chi connectivity index (χ0) is 24.3. The van der Waals surface area contributed by atoms with Crippen LogP contribution in [0.5, 0.6) is 0 Å². The number of amides is 2. The molecule has 4 rings (SSSR count). The summed E-state index contributed by atoms with van der Waals surface area (Å²) in [7, 11) is -3.87. The predicted molar refractivity (Wildman–Crippen MR) is 135 cm³/mol. The van der Waals surface area contributed by atoms with E-state index in [1.165, 1.54) is 35.2 Å². The predicted octanol–water partition coefficient (Wildman–Crippen LogP) is 2.76. The molecule has 0 spiro atoms. The Balaban J connectivity index is 1.37. The molecule has 1 aromatic heterocycles. The molecule has 1 N–H and O–H groups in total. The number of halogens is 1. The Morgan fingerprint density at radius 3 is 2.68 bits per heavy atom. The Morgan fingerprint density at radius 2 is 1.97 bits per heavy atom. The van der Waals surface area contributed by atoms with Gasteiger partial charge >= 0.3 is 0 Å². The summed E-state index contributed by atoms with van der Waals surface area (Å²) in [5.41, 5.74) is -1.28. The number of likely N-dealkylation sites (tertiary alicyclic amines) is 3. The van der Waals surface area contributed by atoms with Crippen LogP contribution in [0.15, 0.2) is 17.5 Å². The molecule has 2 atom stereocenters. The smallest absolute Gasteiger partial charge is 0.244 e. The van der Waals surface area contributed by atoms with E-state index in [4.69, 9.17) is 11.6 Å². The van der Waals surface area contributed by atoms with Gasteiger partial charge in [-0.3, -0.25) is 9.59 Å². The second-order valence-corrected chi connectivity index (χ2v) is 13.0. The van der Waals surface area contributed by atoms with Crippen molar-refractivity contribution in [3.63, 3.8) is 0 Å². The van der Waals surface area contributed by atoms with Crippen molar-refractivity contribution in [1.82, 2.24) is 19.4 Å². The number of hydrogen-bond acceptors (Lipinski definition) is 6. The first-order valence-electron chi connectivity index (χ1n) is 11.9. The van der Waals surface area contributed by atoms with Gasteiger partial charge in [-0.25, -0.2) is 8.42 Å². The first-order chi connectivity index (χ1) is 16.2. The third kappa shape index (κ3) is 6.20. The van der Waals surface area contributed by atoms with Crippen molar-refractivity contribution >= 4 is 50.9 Å². The molecule has 3 saturated heterocycles. The minimum atomic E-state index is -3.87. The van der Waals surface area contributed by atoms with Crippen molar-refractivity contribution in [1.29, 1.82) is 0 Å². The molecule has 4 heterocycles. The van der Waals surface area contributed by atoms with Crippen LogP contribution < -0.4 is 4.72 Å². The number of carbonyl (C=O) groups excluding carboxylic acids is 2. The highest BCUT2D eigenvalue weighted by Gasteiger charge is 2.43. The first kappa shape index (κ1) is 25.6. The number of rotatable bonds is 8. The zero-order valence-corrected chi connectivity index (χ0v) is 21.9. The van der Waals surface area contributed by atoms with Gasteiger partial charge in [0, 0.05) is 36.0 Å². The van der Waals surface area contributed by atoms with Crippen molar-refractivity contribution in [2.45, 2.75) is 57.0 Å². The van der Waals surface area contributed by atoms with E-state index in [9.17, 15) is 18.0 Å². The van der Waals surface area contributed by atoms with Crippen LogP contribution >= 0.6 is 22.9 Å². The highest BCUT2D eigenvalue weighted by molar-refractivity contribution is 7.92. The van der Waals surface area contributed by atoms with Crippen molar-refractivity contribution < 1.29 is 18.0 Å². The summed E-state index contributed by atoms with van der Waals surface area (Å²) >= 11 is 7.17. The fourth-order valence-electron chi connectivity index (χ4n) is 5.22. The van der Waals surface area contributed by atoms with E-state index in [1.54, 1.807) is 19.1 Å². The highest BCUT2D eigenvalue weighted by Crippen LogP contribution is 2.26. The van der Waals surface area contributed by atoms with Crippen LogP contribution in [0.1, 0.15) is 50.3 Å². The van der Waals surface area contributed by atoms with E-state index < -0.39 is 15.6 Å². The summed E-state index contributed by atoms with van der Waals surface area (Å²) in [5.74, 6) is -0.393. The quantitative estimate of drug-likeness (QED) is 0.560. The minimum absolute atomic E-state index is 0.00379. The maximum absolute atomic E-state index is 13.3. The van der Waals surface area contributed by atoms with Gasteiger partial charge in [0.1, 0.15) is 5.54 Å². The number of nitrogens with one attached hydrogen (secondary N) is 1. The van der Waals surface area contributed by atoms with Crippen molar-refractivity contribution in [3.8, 4) is 0 Å². The van der Waals surface area contributed by atoms with Crippen LogP contribution in [-0.4, -0.2) is 85.8 Å². The first-order valence-corrected chi connectivity index (χ1v) is 14.7. The summed E-state index contributed by atoms with van der Waals surface area (Å²) in [5, 5.41) is 1.06. The van der Waals surface area contributed by atoms with Crippen molar-refractivity contribution in [3.05, 3.63) is 26.8 Å². The van der Waals surface area contributed by atoms with Crippen LogP contribution in [0.25, 0.3) is 6.08 Å². The maximum Gasteiger partial charge on any atom is 0.244 e. The molecule has 0 saturated carbocycles. The molecule has 34 heavy (non-hydrogen) atoms. The zero-order valence-electron chi connectivity index (χ0n) is 19.5. The van der Waals surface area contributed by atoms with Gasteiger partial charge < -0.3 is 14.7 Å². The molecule has 0 aliphatic carbocycles. The molecule has 0 unspecified atom stereocenters. The van der Waals surface area contributed by atoms with Gasteiger partial charge in [0.25, 0.3) is 0 Å². The van der Waals surface area contributed by atoms with Gasteiger partial charge in [-0.15, -0.1) is 11.3 Å². The fraction of sp³-hybridized carbons (Fsp3) is 0.652. The Bertz CT molecular complexity index is 1040. The molecule has 0 bridgehead atoms. The standard InChI is InChI=1S/C23H33ClN4O4S2/c1-23(25-34(31,32)15-9-19-7-8-20(24)33-19)10-5-13-27(22(23)30)17-21(29)28-14-4-6-18(28)16-26-11-2-3-12-26/h7-9,15,18,25H,2-6,10-14,16-17H2,1H3/b15-9+/t18-,23-/m0/s1. The van der Waals surface area contributed by atoms with Crippen LogP contribution in [0.2, 0.25) is 4.34 Å². The second kappa shape index (κ2) is 10.7. The third-order valence-electron chi connectivity index (χ3n) is 6.93. The third-order valence-corrected chi connectivity index (χ3v) is 9.35. The molecule has 0 radical (unpaired) electrons. The minimum Gasteiger partial charge on any atom is -0.337 e. The van der Waals surface area contributed by atoms with Gasteiger partial charge in [0.15, 0.2) is 0 Å². The lowest BCUT2D eigenvalue weighted by molar-refractivity contribution is -0.146. The molecule has 0 aromatic carbocycles. The molecular formula is C23H33ClN4O4S2. The van der Waals surface area contributed by atoms with E-state index >= 15 is 0 Å². The van der Waals surface area contributed by atoms with E-state index in [2.05, 4.69) is 9.62 Å². The Hall–Kier alpha value is -1.46. The Morgan fingerprint density at radius 1 is 1.21 bits per heavy atom. The van der Waals surface area contributed by atoms with E-state index in [-0.39, 0.29) is 24.4 Å². The monoisotopic (exact) mass is 528 g/mol. The number of hydrogen-bond donors (Lipinski definition) is 1. The highest BCUT2D eigenvalue weighted by atomic mass is 35.5. The second-order valence-electron chi connectivity index (χ2n) is 9.64. The molecule has 188 valence electrons. The van der Waals surface area contributed by atoms with Gasteiger partial charge in [-0.2, -0.15) is 4.72 Å². The summed E-state index contributed by atoms with van der Waals surface area (Å²) in [6.07, 6.45) is 6.88. The van der Waals surface area contributed by atoms with Gasteiger partial charge in [-0.05, 0) is 76.7 Å². The topological polar surface area (TPSA) is 90.0 Å². The number of thiophene rings is 1. The number of carbonyl (C=O) groups is 2. The fourth-order valence-corrected chi connectivity index (χ4v) is 7.48. The van der Waals surface area contributed by atoms with Gasteiger partial charge in [0.05, 0.1) is 10.9 Å². The van der Waals surface area contributed by atoms with E-state index in [1.807, 2.05) is 4.90 Å². The summed E-state index contributed by atoms with van der Waals surface area (Å²) in [6, 6.07) is 3.63. The molecule has 3 fully saturated rings.